The number of aromatic hydroxyl groups is 1. The topological polar surface area (TPSA) is 77.3 Å². The second-order valence-corrected chi connectivity index (χ2v) is 7.10. The number of phenolic OH excluding ortho intramolecular Hbond substituents is 1. The van der Waals surface area contributed by atoms with E-state index < -0.39 is 6.17 Å². The minimum Gasteiger partial charge on any atom is -0.508 e. The number of hydrogen-bond acceptors (Lipinski definition) is 6. The number of amides is 1. The highest BCUT2D eigenvalue weighted by molar-refractivity contribution is 8.13. The number of nitrogens with one attached hydrogen (secondary N) is 1. The molecule has 132 valence electrons. The van der Waals surface area contributed by atoms with Gasteiger partial charge in [-0.15, -0.1) is 5.10 Å². The molecule has 7 heteroatoms. The van der Waals surface area contributed by atoms with Crippen molar-refractivity contribution in [2.75, 3.05) is 5.75 Å². The summed E-state index contributed by atoms with van der Waals surface area (Å²) in [6.45, 7) is 2.08. The van der Waals surface area contributed by atoms with Crippen LogP contribution in [0.15, 0.2) is 58.6 Å². The molecule has 6 nitrogen and oxygen atoms in total. The predicted molar refractivity (Wildman–Crippen MR) is 102 cm³/mol. The molecular weight excluding hydrogens is 348 g/mol. The van der Waals surface area contributed by atoms with Gasteiger partial charge in [-0.25, -0.2) is 5.01 Å². The Balaban J connectivity index is 1.90. The number of benzene rings is 2. The first-order chi connectivity index (χ1) is 12.7. The van der Waals surface area contributed by atoms with Gasteiger partial charge in [0.15, 0.2) is 11.3 Å². The fraction of sp³-hybridized carbons (Fsp3) is 0.211. The molecule has 0 bridgehead atoms. The van der Waals surface area contributed by atoms with Crippen LogP contribution in [0, 0.1) is 0 Å². The average molecular weight is 366 g/mol. The van der Waals surface area contributed by atoms with Crippen molar-refractivity contribution < 1.29 is 9.90 Å². The van der Waals surface area contributed by atoms with Gasteiger partial charge >= 0.3 is 0 Å². The Labute approximate surface area is 154 Å². The van der Waals surface area contributed by atoms with Gasteiger partial charge in [-0.2, -0.15) is 0 Å². The highest BCUT2D eigenvalue weighted by atomic mass is 32.2. The number of hydrazone groups is 1. The molecule has 0 fully saturated rings. The van der Waals surface area contributed by atoms with Crippen LogP contribution in [0.1, 0.15) is 25.1 Å². The van der Waals surface area contributed by atoms with Crippen molar-refractivity contribution in [3.8, 4) is 5.75 Å². The summed E-state index contributed by atoms with van der Waals surface area (Å²) >= 11 is 1.51. The third-order valence-electron chi connectivity index (χ3n) is 4.13. The molecule has 2 aromatic rings. The summed E-state index contributed by atoms with van der Waals surface area (Å²) in [5.41, 5.74) is 1.25. The van der Waals surface area contributed by atoms with Crippen molar-refractivity contribution in [3.63, 3.8) is 0 Å². The zero-order valence-corrected chi connectivity index (χ0v) is 15.0. The SMILES string of the molecule is CCCSC1=NN2C(=c3ccccc3=NC2c2cccc(O)c2)C(=O)N1. The molecule has 0 radical (unpaired) electrons. The van der Waals surface area contributed by atoms with E-state index in [-0.39, 0.29) is 11.7 Å². The molecule has 0 saturated heterocycles. The quantitative estimate of drug-likeness (QED) is 0.866. The second kappa shape index (κ2) is 6.84. The molecule has 2 N–H and O–H groups in total. The number of hydrogen-bond donors (Lipinski definition) is 2. The predicted octanol–water partition coefficient (Wildman–Crippen LogP) is 1.68. The minimum absolute atomic E-state index is 0.157. The summed E-state index contributed by atoms with van der Waals surface area (Å²) in [4.78, 5) is 17.6. The van der Waals surface area contributed by atoms with E-state index >= 15 is 0 Å². The Kier molecular flexibility index (Phi) is 4.38. The van der Waals surface area contributed by atoms with E-state index in [1.54, 1.807) is 23.2 Å². The Hall–Kier alpha value is -2.80. The lowest BCUT2D eigenvalue weighted by Gasteiger charge is -2.34. The van der Waals surface area contributed by atoms with Crippen LogP contribution in [-0.2, 0) is 4.79 Å². The maximum Gasteiger partial charge on any atom is 0.276 e. The molecule has 2 heterocycles. The first-order valence-corrected chi connectivity index (χ1v) is 9.44. The third-order valence-corrected chi connectivity index (χ3v) is 5.20. The van der Waals surface area contributed by atoms with Gasteiger partial charge in [0.1, 0.15) is 11.4 Å². The molecule has 1 amide bonds. The first-order valence-electron chi connectivity index (χ1n) is 8.45. The summed E-state index contributed by atoms with van der Waals surface area (Å²) < 4.78 is 0. The van der Waals surface area contributed by atoms with Gasteiger partial charge in [-0.3, -0.25) is 15.1 Å². The zero-order valence-electron chi connectivity index (χ0n) is 14.2. The number of carbonyl (C=O) groups is 1. The van der Waals surface area contributed by atoms with Crippen LogP contribution in [0.5, 0.6) is 5.75 Å². The van der Waals surface area contributed by atoms with E-state index in [1.807, 2.05) is 30.3 Å². The first kappa shape index (κ1) is 16.7. The van der Waals surface area contributed by atoms with E-state index in [0.717, 1.165) is 28.3 Å². The number of phenols is 1. The van der Waals surface area contributed by atoms with Crippen LogP contribution >= 0.6 is 11.8 Å². The summed E-state index contributed by atoms with van der Waals surface area (Å²) in [6.07, 6.45) is 0.481. The smallest absolute Gasteiger partial charge is 0.276 e. The van der Waals surface area contributed by atoms with Crippen molar-refractivity contribution in [2.24, 2.45) is 10.1 Å². The molecule has 0 spiro atoms. The van der Waals surface area contributed by atoms with Gasteiger partial charge < -0.3 is 5.11 Å². The lowest BCUT2D eigenvalue weighted by atomic mass is 10.1. The molecule has 2 aliphatic heterocycles. The summed E-state index contributed by atoms with van der Waals surface area (Å²) in [5, 5.41) is 21.1. The van der Waals surface area contributed by atoms with E-state index in [1.165, 1.54) is 11.8 Å². The number of rotatable bonds is 3. The van der Waals surface area contributed by atoms with E-state index in [0.29, 0.717) is 10.9 Å². The molecule has 2 aromatic carbocycles. The fourth-order valence-corrected chi connectivity index (χ4v) is 3.70. The molecule has 1 atom stereocenters. The van der Waals surface area contributed by atoms with Crippen molar-refractivity contribution in [2.45, 2.75) is 19.5 Å². The lowest BCUT2D eigenvalue weighted by molar-refractivity contribution is -0.116. The van der Waals surface area contributed by atoms with Crippen LogP contribution in [0.2, 0.25) is 0 Å². The van der Waals surface area contributed by atoms with E-state index in [9.17, 15) is 9.90 Å². The third kappa shape index (κ3) is 2.94. The van der Waals surface area contributed by atoms with Crippen molar-refractivity contribution in [1.29, 1.82) is 0 Å². The van der Waals surface area contributed by atoms with Crippen LogP contribution in [-0.4, -0.2) is 26.9 Å². The number of fused-ring (bicyclic) bond motifs is 2. The van der Waals surface area contributed by atoms with Crippen LogP contribution < -0.4 is 15.9 Å². The second-order valence-electron chi connectivity index (χ2n) is 6.02. The standard InChI is InChI=1S/C19H18N4O2S/c1-2-10-26-19-21-18(25)16-14-8-3-4-9-15(14)20-17(23(16)22-19)12-6-5-7-13(24)11-12/h3-9,11,17,24H,2,10H2,1H3,(H,21,22,25). The number of para-hydroxylation sites is 1. The van der Waals surface area contributed by atoms with Gasteiger partial charge in [0.25, 0.3) is 5.91 Å². The minimum atomic E-state index is -0.504. The van der Waals surface area contributed by atoms with Crippen molar-refractivity contribution in [1.82, 2.24) is 10.3 Å². The van der Waals surface area contributed by atoms with Gasteiger partial charge in [0, 0.05) is 16.5 Å². The number of nitrogens with zero attached hydrogens (tertiary/aromatic N) is 3. The maximum atomic E-state index is 12.8. The number of carbonyl (C=O) groups excluding carboxylic acids is 1. The Morgan fingerprint density at radius 2 is 2.08 bits per heavy atom. The highest BCUT2D eigenvalue weighted by Gasteiger charge is 2.34. The summed E-state index contributed by atoms with van der Waals surface area (Å²) in [7, 11) is 0. The van der Waals surface area contributed by atoms with Gasteiger partial charge in [-0.1, -0.05) is 49.0 Å². The monoisotopic (exact) mass is 366 g/mol. The summed E-state index contributed by atoms with van der Waals surface area (Å²) in [6, 6.07) is 14.4. The molecule has 0 aromatic heterocycles. The van der Waals surface area contributed by atoms with Gasteiger partial charge in [-0.05, 0) is 24.6 Å². The van der Waals surface area contributed by atoms with Crippen molar-refractivity contribution >= 4 is 28.5 Å². The Bertz CT molecular complexity index is 1020. The normalized spacial score (nSPS) is 18.4. The number of thioether (sulfide) groups is 1. The fourth-order valence-electron chi connectivity index (χ4n) is 2.99. The van der Waals surface area contributed by atoms with Gasteiger partial charge in [0.2, 0.25) is 0 Å². The van der Waals surface area contributed by atoms with Crippen LogP contribution in [0.25, 0.3) is 5.70 Å². The summed E-state index contributed by atoms with van der Waals surface area (Å²) in [5.74, 6) is 0.836. The molecular formula is C19H18N4O2S. The number of amidine groups is 1. The average Bonchev–Trinajstić information content (AvgIpc) is 2.65. The van der Waals surface area contributed by atoms with Crippen LogP contribution in [0.3, 0.4) is 0 Å². The Morgan fingerprint density at radius 3 is 2.88 bits per heavy atom. The molecule has 26 heavy (non-hydrogen) atoms. The molecule has 2 aliphatic rings. The van der Waals surface area contributed by atoms with Crippen molar-refractivity contribution in [3.05, 3.63) is 64.7 Å². The maximum absolute atomic E-state index is 12.8. The molecule has 0 saturated carbocycles. The zero-order chi connectivity index (χ0) is 18.1. The lowest BCUT2D eigenvalue weighted by Crippen LogP contribution is -2.50. The Morgan fingerprint density at radius 1 is 1.23 bits per heavy atom. The van der Waals surface area contributed by atoms with E-state index in [2.05, 4.69) is 17.3 Å². The largest absolute Gasteiger partial charge is 0.508 e. The van der Waals surface area contributed by atoms with Gasteiger partial charge in [0.05, 0.1) is 5.36 Å². The van der Waals surface area contributed by atoms with Crippen LogP contribution in [0.4, 0.5) is 0 Å². The molecule has 4 rings (SSSR count). The van der Waals surface area contributed by atoms with E-state index in [4.69, 9.17) is 4.99 Å². The molecule has 0 aliphatic carbocycles. The highest BCUT2D eigenvalue weighted by Crippen LogP contribution is 2.31. The molecule has 1 unspecified atom stereocenters.